The summed E-state index contributed by atoms with van der Waals surface area (Å²) in [6.45, 7) is 5.51. The van der Waals surface area contributed by atoms with Crippen molar-refractivity contribution in [2.45, 2.75) is 38.7 Å². The molecule has 0 aliphatic carbocycles. The van der Waals surface area contributed by atoms with E-state index in [0.29, 0.717) is 6.10 Å². The highest BCUT2D eigenvalue weighted by Gasteiger charge is 2.14. The lowest BCUT2D eigenvalue weighted by Crippen LogP contribution is -2.38. The number of aliphatic imine (C=N–C) groups is 1. The van der Waals surface area contributed by atoms with Gasteiger partial charge in [-0.25, -0.2) is 0 Å². The molecule has 0 spiro atoms. The van der Waals surface area contributed by atoms with Gasteiger partial charge < -0.3 is 20.4 Å². The number of guanidine groups is 1. The van der Waals surface area contributed by atoms with Crippen molar-refractivity contribution >= 4 is 40.8 Å². The van der Waals surface area contributed by atoms with Gasteiger partial charge in [0.2, 0.25) is 0 Å². The lowest BCUT2D eigenvalue weighted by atomic mass is 10.1. The Morgan fingerprint density at radius 3 is 3.00 bits per heavy atom. The third-order valence-electron chi connectivity index (χ3n) is 4.41. The van der Waals surface area contributed by atoms with Crippen LogP contribution in [0, 0.1) is 0 Å². The average Bonchev–Trinajstić information content (AvgIpc) is 3.26. The highest BCUT2D eigenvalue weighted by atomic mass is 127. The molecule has 6 heteroatoms. The maximum atomic E-state index is 5.63. The summed E-state index contributed by atoms with van der Waals surface area (Å²) < 4.78 is 5.63. The number of fused-ring (bicyclic) bond motifs is 1. The average molecular weight is 456 g/mol. The van der Waals surface area contributed by atoms with Crippen molar-refractivity contribution in [3.05, 3.63) is 36.0 Å². The predicted molar refractivity (Wildman–Crippen MR) is 115 cm³/mol. The number of nitrogens with one attached hydrogen (secondary N) is 3. The van der Waals surface area contributed by atoms with Crippen molar-refractivity contribution in [3.63, 3.8) is 0 Å². The summed E-state index contributed by atoms with van der Waals surface area (Å²) in [4.78, 5) is 7.98. The summed E-state index contributed by atoms with van der Waals surface area (Å²) >= 11 is 0. The SMILES string of the molecule is CCNC(=NCC1CCCO1)NCCCc1c[nH]c2ccccc12.I. The quantitative estimate of drug-likeness (QED) is 0.259. The first-order valence-corrected chi connectivity index (χ1v) is 9.05. The molecule has 0 bridgehead atoms. The molecule has 1 saturated heterocycles. The number of hydrogen-bond acceptors (Lipinski definition) is 2. The zero-order valence-corrected chi connectivity index (χ0v) is 17.2. The van der Waals surface area contributed by atoms with E-state index < -0.39 is 0 Å². The molecule has 5 nitrogen and oxygen atoms in total. The maximum Gasteiger partial charge on any atom is 0.191 e. The van der Waals surface area contributed by atoms with E-state index in [0.717, 1.165) is 57.9 Å². The van der Waals surface area contributed by atoms with Gasteiger partial charge in [0, 0.05) is 36.8 Å². The van der Waals surface area contributed by atoms with Crippen LogP contribution < -0.4 is 10.6 Å². The van der Waals surface area contributed by atoms with Crippen LogP contribution in [-0.2, 0) is 11.2 Å². The molecule has 25 heavy (non-hydrogen) atoms. The lowest BCUT2D eigenvalue weighted by Gasteiger charge is -2.12. The van der Waals surface area contributed by atoms with Crippen LogP contribution >= 0.6 is 24.0 Å². The van der Waals surface area contributed by atoms with Gasteiger partial charge in [-0.2, -0.15) is 0 Å². The number of H-pyrrole nitrogens is 1. The van der Waals surface area contributed by atoms with Gasteiger partial charge in [-0.05, 0) is 44.2 Å². The Labute approximate surface area is 167 Å². The predicted octanol–water partition coefficient (Wildman–Crippen LogP) is 3.45. The number of ether oxygens (including phenoxy) is 1. The minimum atomic E-state index is 0. The van der Waals surface area contributed by atoms with E-state index in [9.17, 15) is 0 Å². The summed E-state index contributed by atoms with van der Waals surface area (Å²) in [6.07, 6.45) is 6.85. The molecule has 0 saturated carbocycles. The Morgan fingerprint density at radius 2 is 2.20 bits per heavy atom. The van der Waals surface area contributed by atoms with E-state index in [1.165, 1.54) is 16.5 Å². The van der Waals surface area contributed by atoms with Crippen molar-refractivity contribution in [1.82, 2.24) is 15.6 Å². The normalized spacial score (nSPS) is 17.5. The Morgan fingerprint density at radius 1 is 1.32 bits per heavy atom. The van der Waals surface area contributed by atoms with Crippen molar-refractivity contribution in [1.29, 1.82) is 0 Å². The second-order valence-electron chi connectivity index (χ2n) is 6.24. The van der Waals surface area contributed by atoms with Gasteiger partial charge in [-0.3, -0.25) is 4.99 Å². The van der Waals surface area contributed by atoms with Gasteiger partial charge in [0.1, 0.15) is 0 Å². The first kappa shape index (κ1) is 20.0. The molecular weight excluding hydrogens is 427 g/mol. The van der Waals surface area contributed by atoms with Crippen LogP contribution in [0.3, 0.4) is 0 Å². The molecule has 0 radical (unpaired) electrons. The van der Waals surface area contributed by atoms with Crippen LogP contribution in [0.4, 0.5) is 0 Å². The fraction of sp³-hybridized carbons (Fsp3) is 0.526. The number of aryl methyl sites for hydroxylation is 1. The second-order valence-corrected chi connectivity index (χ2v) is 6.24. The molecule has 1 aliphatic heterocycles. The fourth-order valence-electron chi connectivity index (χ4n) is 3.15. The van der Waals surface area contributed by atoms with E-state index in [2.05, 4.69) is 58.0 Å². The van der Waals surface area contributed by atoms with E-state index in [-0.39, 0.29) is 24.0 Å². The van der Waals surface area contributed by atoms with E-state index in [1.54, 1.807) is 0 Å². The minimum absolute atomic E-state index is 0. The molecule has 2 heterocycles. The standard InChI is InChI=1S/C19H28N4O.HI/c1-2-20-19(23-14-16-8-6-12-24-16)21-11-5-7-15-13-22-18-10-4-3-9-17(15)18;/h3-4,9-10,13,16,22H,2,5-8,11-12,14H2,1H3,(H2,20,21,23);1H. The van der Waals surface area contributed by atoms with Crippen LogP contribution in [-0.4, -0.2) is 43.3 Å². The van der Waals surface area contributed by atoms with Gasteiger partial charge in [-0.1, -0.05) is 18.2 Å². The second kappa shape index (κ2) is 10.7. The summed E-state index contributed by atoms with van der Waals surface area (Å²) in [7, 11) is 0. The summed E-state index contributed by atoms with van der Waals surface area (Å²) in [5.74, 6) is 0.895. The fourth-order valence-corrected chi connectivity index (χ4v) is 3.15. The number of para-hydroxylation sites is 1. The lowest BCUT2D eigenvalue weighted by molar-refractivity contribution is 0.117. The number of aromatic nitrogens is 1. The zero-order valence-electron chi connectivity index (χ0n) is 14.9. The van der Waals surface area contributed by atoms with E-state index >= 15 is 0 Å². The minimum Gasteiger partial charge on any atom is -0.376 e. The van der Waals surface area contributed by atoms with Crippen LogP contribution in [0.25, 0.3) is 10.9 Å². The summed E-state index contributed by atoms with van der Waals surface area (Å²) in [5.41, 5.74) is 2.60. The topological polar surface area (TPSA) is 61.4 Å². The highest BCUT2D eigenvalue weighted by molar-refractivity contribution is 14.0. The third-order valence-corrected chi connectivity index (χ3v) is 4.41. The largest absolute Gasteiger partial charge is 0.376 e. The summed E-state index contributed by atoms with van der Waals surface area (Å²) in [6, 6.07) is 8.47. The van der Waals surface area contributed by atoms with Gasteiger partial charge >= 0.3 is 0 Å². The van der Waals surface area contributed by atoms with E-state index in [4.69, 9.17) is 4.74 Å². The van der Waals surface area contributed by atoms with Gasteiger partial charge in [0.15, 0.2) is 5.96 Å². The molecule has 3 N–H and O–H groups in total. The third kappa shape index (κ3) is 5.88. The van der Waals surface area contributed by atoms with E-state index in [1.807, 2.05) is 0 Å². The number of halogens is 1. The highest BCUT2D eigenvalue weighted by Crippen LogP contribution is 2.18. The molecule has 1 aromatic heterocycles. The number of benzene rings is 1. The molecule has 1 fully saturated rings. The number of aromatic amines is 1. The Balaban J connectivity index is 0.00000225. The molecule has 2 aromatic rings. The number of hydrogen-bond donors (Lipinski definition) is 3. The molecule has 3 rings (SSSR count). The maximum absolute atomic E-state index is 5.63. The Kier molecular flexibility index (Phi) is 8.54. The van der Waals surface area contributed by atoms with Gasteiger partial charge in [0.25, 0.3) is 0 Å². The molecule has 1 unspecified atom stereocenters. The molecule has 138 valence electrons. The first-order valence-electron chi connectivity index (χ1n) is 9.05. The Hall–Kier alpha value is -1.28. The van der Waals surface area contributed by atoms with Crippen molar-refractivity contribution in [2.24, 2.45) is 4.99 Å². The van der Waals surface area contributed by atoms with Crippen molar-refractivity contribution < 1.29 is 4.74 Å². The Bertz CT molecular complexity index is 664. The smallest absolute Gasteiger partial charge is 0.191 e. The molecule has 0 amide bonds. The molecular formula is C19H29IN4O. The van der Waals surface area contributed by atoms with Gasteiger partial charge in [-0.15, -0.1) is 24.0 Å². The van der Waals surface area contributed by atoms with Crippen LogP contribution in [0.1, 0.15) is 31.7 Å². The summed E-state index contributed by atoms with van der Waals surface area (Å²) in [5, 5.41) is 8.07. The molecule has 1 aliphatic rings. The van der Waals surface area contributed by atoms with Crippen molar-refractivity contribution in [2.75, 3.05) is 26.2 Å². The zero-order chi connectivity index (χ0) is 16.6. The molecule has 1 atom stereocenters. The number of nitrogens with zero attached hydrogens (tertiary/aromatic N) is 1. The first-order chi connectivity index (χ1) is 11.9. The molecule has 1 aromatic carbocycles. The number of rotatable bonds is 7. The van der Waals surface area contributed by atoms with Crippen LogP contribution in [0.15, 0.2) is 35.5 Å². The monoisotopic (exact) mass is 456 g/mol. The van der Waals surface area contributed by atoms with Crippen LogP contribution in [0.2, 0.25) is 0 Å². The van der Waals surface area contributed by atoms with Crippen molar-refractivity contribution in [3.8, 4) is 0 Å². The van der Waals surface area contributed by atoms with Crippen LogP contribution in [0.5, 0.6) is 0 Å². The van der Waals surface area contributed by atoms with Gasteiger partial charge in [0.05, 0.1) is 12.6 Å².